The number of rotatable bonds is 2. The molecule has 4 aromatic carbocycles. The second-order valence-electron chi connectivity index (χ2n) is 8.81. The minimum Gasteiger partial charge on any atom is -0.320 e. The lowest BCUT2D eigenvalue weighted by Crippen LogP contribution is -2.58. The number of anilines is 1. The Balaban J connectivity index is 1.41. The van der Waals surface area contributed by atoms with Gasteiger partial charge in [0.15, 0.2) is 6.67 Å². The van der Waals surface area contributed by atoms with Gasteiger partial charge in [0.05, 0.1) is 19.3 Å². The quantitative estimate of drug-likeness (QED) is 0.356. The molecular weight excluding hydrogens is 364 g/mol. The average molecular weight is 390 g/mol. The van der Waals surface area contributed by atoms with Crippen molar-refractivity contribution in [3.05, 3.63) is 108 Å². The molecule has 0 saturated carbocycles. The predicted octanol–water partition coefficient (Wildman–Crippen LogP) is 6.45. The lowest BCUT2D eigenvalue weighted by atomic mass is 9.94. The highest BCUT2D eigenvalue weighted by molar-refractivity contribution is 5.74. The predicted molar refractivity (Wildman–Crippen MR) is 126 cm³/mol. The molecule has 2 aliphatic heterocycles. The maximum absolute atomic E-state index is 2.56. The van der Waals surface area contributed by atoms with Gasteiger partial charge in [-0.1, -0.05) is 66.7 Å². The standard InChI is InChI=1S/C28H25N2/c1-30-19-26-17-23(21-8-4-2-5-9-21)12-14-27(26)29(20-30)18-25-16-24(13-15-28(25)30)22-10-6-3-7-11-22/h2-17H,18-20H2,1H3/q+1. The molecule has 4 aromatic rings. The molecule has 30 heavy (non-hydrogen) atoms. The fourth-order valence-corrected chi connectivity index (χ4v) is 5.26. The normalized spacial score (nSPS) is 19.2. The smallest absolute Gasteiger partial charge is 0.159 e. The third kappa shape index (κ3) is 2.76. The first-order valence-corrected chi connectivity index (χ1v) is 10.7. The van der Waals surface area contributed by atoms with E-state index in [9.17, 15) is 0 Å². The molecular formula is C28H25N2+. The Labute approximate surface area is 178 Å². The summed E-state index contributed by atoms with van der Waals surface area (Å²) < 4.78 is 0.940. The average Bonchev–Trinajstić information content (AvgIpc) is 2.79. The zero-order valence-electron chi connectivity index (χ0n) is 17.3. The molecule has 0 radical (unpaired) electrons. The highest BCUT2D eigenvalue weighted by atomic mass is 15.5. The first kappa shape index (κ1) is 17.5. The maximum atomic E-state index is 2.56. The van der Waals surface area contributed by atoms with Crippen LogP contribution < -0.4 is 9.38 Å². The second kappa shape index (κ2) is 6.58. The highest BCUT2D eigenvalue weighted by Crippen LogP contribution is 2.44. The summed E-state index contributed by atoms with van der Waals surface area (Å²) in [5.41, 5.74) is 10.9. The van der Waals surface area contributed by atoms with Crippen molar-refractivity contribution in [1.29, 1.82) is 0 Å². The van der Waals surface area contributed by atoms with Gasteiger partial charge < -0.3 is 4.90 Å². The summed E-state index contributed by atoms with van der Waals surface area (Å²) in [5, 5.41) is 0. The van der Waals surface area contributed by atoms with E-state index in [2.05, 4.69) is 109 Å². The number of quaternary nitrogens is 1. The molecule has 2 bridgehead atoms. The molecule has 6 rings (SSSR count). The Morgan fingerprint density at radius 3 is 1.90 bits per heavy atom. The van der Waals surface area contributed by atoms with Gasteiger partial charge in [0.25, 0.3) is 0 Å². The van der Waals surface area contributed by atoms with E-state index in [1.807, 2.05) is 0 Å². The van der Waals surface area contributed by atoms with Crippen LogP contribution in [-0.2, 0) is 13.1 Å². The molecule has 0 aliphatic carbocycles. The van der Waals surface area contributed by atoms with Crippen molar-refractivity contribution in [2.24, 2.45) is 0 Å². The molecule has 146 valence electrons. The summed E-state index contributed by atoms with van der Waals surface area (Å²) in [7, 11) is 2.38. The van der Waals surface area contributed by atoms with E-state index in [0.29, 0.717) is 0 Å². The Kier molecular flexibility index (Phi) is 3.84. The van der Waals surface area contributed by atoms with E-state index >= 15 is 0 Å². The third-order valence-corrected chi connectivity index (χ3v) is 6.66. The monoisotopic (exact) mass is 389 g/mol. The third-order valence-electron chi connectivity index (χ3n) is 6.66. The molecule has 2 heterocycles. The summed E-state index contributed by atoms with van der Waals surface area (Å²) in [4.78, 5) is 2.56. The van der Waals surface area contributed by atoms with Crippen molar-refractivity contribution in [3.8, 4) is 22.3 Å². The maximum Gasteiger partial charge on any atom is 0.159 e. The number of benzene rings is 4. The van der Waals surface area contributed by atoms with Crippen LogP contribution in [0.25, 0.3) is 22.3 Å². The van der Waals surface area contributed by atoms with Crippen molar-refractivity contribution in [2.75, 3.05) is 18.6 Å². The van der Waals surface area contributed by atoms with Gasteiger partial charge >= 0.3 is 0 Å². The van der Waals surface area contributed by atoms with Gasteiger partial charge in [-0.15, -0.1) is 0 Å². The van der Waals surface area contributed by atoms with E-state index in [4.69, 9.17) is 0 Å². The molecule has 1 atom stereocenters. The number of hydrogen-bond acceptors (Lipinski definition) is 1. The van der Waals surface area contributed by atoms with Gasteiger partial charge in [0.2, 0.25) is 0 Å². The molecule has 2 heteroatoms. The van der Waals surface area contributed by atoms with Gasteiger partial charge in [-0.2, -0.15) is 0 Å². The summed E-state index contributed by atoms with van der Waals surface area (Å²) in [5.74, 6) is 0. The van der Waals surface area contributed by atoms with Crippen LogP contribution in [0.15, 0.2) is 97.1 Å². The van der Waals surface area contributed by atoms with E-state index in [0.717, 1.165) is 24.2 Å². The fraction of sp³-hybridized carbons (Fsp3) is 0.143. The van der Waals surface area contributed by atoms with Crippen molar-refractivity contribution >= 4 is 11.4 Å². The van der Waals surface area contributed by atoms with E-state index in [1.165, 1.54) is 44.8 Å². The van der Waals surface area contributed by atoms with Gasteiger partial charge in [0, 0.05) is 17.2 Å². The zero-order chi connectivity index (χ0) is 20.1. The van der Waals surface area contributed by atoms with E-state index in [1.54, 1.807) is 0 Å². The molecule has 0 aromatic heterocycles. The summed E-state index contributed by atoms with van der Waals surface area (Å²) in [6.45, 7) is 3.04. The van der Waals surface area contributed by atoms with Crippen molar-refractivity contribution in [2.45, 2.75) is 13.1 Å². The van der Waals surface area contributed by atoms with Gasteiger partial charge in [0.1, 0.15) is 12.2 Å². The molecule has 1 unspecified atom stereocenters. The van der Waals surface area contributed by atoms with Crippen LogP contribution >= 0.6 is 0 Å². The molecule has 0 amide bonds. The number of fused-ring (bicyclic) bond motifs is 6. The Bertz CT molecular complexity index is 1230. The Morgan fingerprint density at radius 1 is 0.633 bits per heavy atom. The lowest BCUT2D eigenvalue weighted by molar-refractivity contribution is 0.287. The summed E-state index contributed by atoms with van der Waals surface area (Å²) >= 11 is 0. The molecule has 0 N–H and O–H groups in total. The van der Waals surface area contributed by atoms with Crippen LogP contribution in [0.2, 0.25) is 0 Å². The topological polar surface area (TPSA) is 3.24 Å². The van der Waals surface area contributed by atoms with Crippen molar-refractivity contribution in [1.82, 2.24) is 4.48 Å². The van der Waals surface area contributed by atoms with E-state index in [-0.39, 0.29) is 0 Å². The van der Waals surface area contributed by atoms with E-state index < -0.39 is 0 Å². The van der Waals surface area contributed by atoms with Crippen LogP contribution in [0.1, 0.15) is 11.1 Å². The first-order valence-electron chi connectivity index (χ1n) is 10.7. The van der Waals surface area contributed by atoms with Crippen LogP contribution in [0, 0.1) is 0 Å². The summed E-state index contributed by atoms with van der Waals surface area (Å²) in [6, 6.07) is 35.5. The molecule has 0 fully saturated rings. The van der Waals surface area contributed by atoms with Gasteiger partial charge in [-0.05, 0) is 46.5 Å². The second-order valence-corrected chi connectivity index (χ2v) is 8.81. The SMILES string of the molecule is C[N+]12Cc3cc(-c4ccccc4)ccc3N(Cc3cc(-c4ccccc4)ccc31)C2. The fourth-order valence-electron chi connectivity index (χ4n) is 5.26. The van der Waals surface area contributed by atoms with Crippen LogP contribution in [0.3, 0.4) is 0 Å². The number of nitrogens with zero attached hydrogens (tertiary/aromatic N) is 2. The molecule has 2 nitrogen and oxygen atoms in total. The zero-order valence-corrected chi connectivity index (χ0v) is 17.3. The lowest BCUT2D eigenvalue weighted by Gasteiger charge is -2.48. The minimum absolute atomic E-state index is 0.940. The van der Waals surface area contributed by atoms with Crippen LogP contribution in [-0.4, -0.2) is 13.7 Å². The highest BCUT2D eigenvalue weighted by Gasteiger charge is 2.41. The van der Waals surface area contributed by atoms with Crippen molar-refractivity contribution < 1.29 is 0 Å². The number of hydrogen-bond donors (Lipinski definition) is 0. The first-order chi connectivity index (χ1) is 14.7. The largest absolute Gasteiger partial charge is 0.320 e. The minimum atomic E-state index is 0.940. The van der Waals surface area contributed by atoms with Crippen LogP contribution in [0.4, 0.5) is 11.4 Å². The molecule has 2 aliphatic rings. The van der Waals surface area contributed by atoms with Crippen molar-refractivity contribution in [3.63, 3.8) is 0 Å². The van der Waals surface area contributed by atoms with Crippen LogP contribution in [0.5, 0.6) is 0 Å². The Morgan fingerprint density at radius 2 is 1.23 bits per heavy atom. The summed E-state index contributed by atoms with van der Waals surface area (Å²) in [6.07, 6.45) is 0. The van der Waals surface area contributed by atoms with Gasteiger partial charge in [-0.25, -0.2) is 0 Å². The Hall–Kier alpha value is -3.36. The van der Waals surface area contributed by atoms with Gasteiger partial charge in [-0.3, -0.25) is 4.48 Å². The molecule has 0 spiro atoms. The molecule has 0 saturated heterocycles.